The lowest BCUT2D eigenvalue weighted by atomic mass is 10.2. The Morgan fingerprint density at radius 2 is 1.84 bits per heavy atom. The SMILES string of the molecule is CCSc1cccc(Sc2ncc(C)cn2)c1CN. The van der Waals surface area contributed by atoms with E-state index in [0.29, 0.717) is 6.54 Å². The zero-order valence-corrected chi connectivity index (χ0v) is 12.7. The first-order valence-electron chi connectivity index (χ1n) is 6.15. The van der Waals surface area contributed by atoms with E-state index in [1.165, 1.54) is 10.5 Å². The molecule has 0 unspecified atom stereocenters. The van der Waals surface area contributed by atoms with Gasteiger partial charge in [0.1, 0.15) is 0 Å². The van der Waals surface area contributed by atoms with Crippen molar-refractivity contribution in [2.75, 3.05) is 5.75 Å². The number of thioether (sulfide) groups is 1. The van der Waals surface area contributed by atoms with E-state index in [4.69, 9.17) is 5.73 Å². The molecule has 0 atom stereocenters. The van der Waals surface area contributed by atoms with Crippen LogP contribution in [0.2, 0.25) is 0 Å². The van der Waals surface area contributed by atoms with E-state index < -0.39 is 0 Å². The fourth-order valence-corrected chi connectivity index (χ4v) is 3.45. The maximum Gasteiger partial charge on any atom is 0.192 e. The molecule has 0 spiro atoms. The van der Waals surface area contributed by atoms with Crippen molar-refractivity contribution in [1.82, 2.24) is 9.97 Å². The lowest BCUT2D eigenvalue weighted by Crippen LogP contribution is -2.01. The molecule has 0 aliphatic carbocycles. The van der Waals surface area contributed by atoms with Crippen LogP contribution in [0.5, 0.6) is 0 Å². The second-order valence-electron chi connectivity index (χ2n) is 4.02. The van der Waals surface area contributed by atoms with E-state index in [2.05, 4.69) is 35.1 Å². The van der Waals surface area contributed by atoms with Crippen LogP contribution in [0.25, 0.3) is 0 Å². The fraction of sp³-hybridized carbons (Fsp3) is 0.286. The zero-order chi connectivity index (χ0) is 13.7. The summed E-state index contributed by atoms with van der Waals surface area (Å²) in [4.78, 5) is 11.1. The van der Waals surface area contributed by atoms with Gasteiger partial charge in [-0.3, -0.25) is 0 Å². The molecule has 5 heteroatoms. The van der Waals surface area contributed by atoms with E-state index in [1.54, 1.807) is 11.8 Å². The normalized spacial score (nSPS) is 10.7. The molecule has 100 valence electrons. The van der Waals surface area contributed by atoms with E-state index >= 15 is 0 Å². The molecule has 2 aromatic rings. The third kappa shape index (κ3) is 3.72. The first kappa shape index (κ1) is 14.4. The van der Waals surface area contributed by atoms with E-state index in [9.17, 15) is 0 Å². The second-order valence-corrected chi connectivity index (χ2v) is 6.33. The summed E-state index contributed by atoms with van der Waals surface area (Å²) in [5, 5.41) is 0.763. The first-order valence-corrected chi connectivity index (χ1v) is 7.96. The largest absolute Gasteiger partial charge is 0.326 e. The molecule has 0 aliphatic rings. The Morgan fingerprint density at radius 3 is 2.47 bits per heavy atom. The molecule has 1 heterocycles. The van der Waals surface area contributed by atoms with Gasteiger partial charge in [0.15, 0.2) is 5.16 Å². The van der Waals surface area contributed by atoms with Crippen LogP contribution in [0.1, 0.15) is 18.1 Å². The number of aryl methyl sites for hydroxylation is 1. The van der Waals surface area contributed by atoms with Crippen LogP contribution < -0.4 is 5.73 Å². The number of aromatic nitrogens is 2. The summed E-state index contributed by atoms with van der Waals surface area (Å²) >= 11 is 3.39. The van der Waals surface area contributed by atoms with Crippen LogP contribution in [-0.2, 0) is 6.54 Å². The van der Waals surface area contributed by atoms with Crippen molar-refractivity contribution in [1.29, 1.82) is 0 Å². The molecular weight excluding hydrogens is 274 g/mol. The summed E-state index contributed by atoms with van der Waals surface area (Å²) < 4.78 is 0. The molecule has 19 heavy (non-hydrogen) atoms. The summed E-state index contributed by atoms with van der Waals surface area (Å²) in [6.07, 6.45) is 3.67. The van der Waals surface area contributed by atoms with Crippen LogP contribution in [-0.4, -0.2) is 15.7 Å². The van der Waals surface area contributed by atoms with Crippen LogP contribution in [0.3, 0.4) is 0 Å². The van der Waals surface area contributed by atoms with Gasteiger partial charge in [0, 0.05) is 28.7 Å². The number of rotatable bonds is 5. The summed E-state index contributed by atoms with van der Waals surface area (Å²) in [6, 6.07) is 6.26. The average molecular weight is 291 g/mol. The molecule has 2 rings (SSSR count). The lowest BCUT2D eigenvalue weighted by molar-refractivity contribution is 0.938. The molecule has 0 fully saturated rings. The van der Waals surface area contributed by atoms with Crippen molar-refractivity contribution in [3.8, 4) is 0 Å². The number of benzene rings is 1. The van der Waals surface area contributed by atoms with Gasteiger partial charge < -0.3 is 5.73 Å². The second kappa shape index (κ2) is 6.93. The van der Waals surface area contributed by atoms with Crippen molar-refractivity contribution < 1.29 is 0 Å². The van der Waals surface area contributed by atoms with Crippen LogP contribution in [0, 0.1) is 6.92 Å². The predicted molar refractivity (Wildman–Crippen MR) is 81.6 cm³/mol. The minimum absolute atomic E-state index is 0.539. The third-order valence-corrected chi connectivity index (χ3v) is 4.53. The molecule has 0 saturated carbocycles. The van der Waals surface area contributed by atoms with Crippen LogP contribution in [0.4, 0.5) is 0 Å². The minimum Gasteiger partial charge on any atom is -0.326 e. The highest BCUT2D eigenvalue weighted by molar-refractivity contribution is 8.00. The van der Waals surface area contributed by atoms with Crippen LogP contribution in [0.15, 0.2) is 45.5 Å². The van der Waals surface area contributed by atoms with Gasteiger partial charge in [0.2, 0.25) is 0 Å². The quantitative estimate of drug-likeness (QED) is 0.675. The maximum absolute atomic E-state index is 5.89. The lowest BCUT2D eigenvalue weighted by Gasteiger charge is -2.11. The highest BCUT2D eigenvalue weighted by atomic mass is 32.2. The molecule has 0 bridgehead atoms. The number of nitrogens with two attached hydrogens (primary N) is 1. The molecule has 3 nitrogen and oxygen atoms in total. The number of hydrogen-bond donors (Lipinski definition) is 1. The Morgan fingerprint density at radius 1 is 1.16 bits per heavy atom. The van der Waals surface area contributed by atoms with Crippen molar-refractivity contribution in [2.45, 2.75) is 35.3 Å². The summed E-state index contributed by atoms with van der Waals surface area (Å²) in [7, 11) is 0. The molecule has 0 aliphatic heterocycles. The third-order valence-electron chi connectivity index (χ3n) is 2.55. The highest BCUT2D eigenvalue weighted by Crippen LogP contribution is 2.33. The molecular formula is C14H17N3S2. The number of nitrogens with zero attached hydrogens (tertiary/aromatic N) is 2. The molecule has 0 amide bonds. The standard InChI is InChI=1S/C14H17N3S2/c1-3-18-12-5-4-6-13(11(12)7-15)19-14-16-8-10(2)9-17-14/h4-6,8-9H,3,7,15H2,1-2H3. The Labute approximate surface area is 122 Å². The van der Waals surface area contributed by atoms with Gasteiger partial charge in [-0.25, -0.2) is 9.97 Å². The molecule has 0 radical (unpaired) electrons. The van der Waals surface area contributed by atoms with Gasteiger partial charge in [-0.2, -0.15) is 0 Å². The Balaban J connectivity index is 2.28. The first-order chi connectivity index (χ1) is 9.24. The van der Waals surface area contributed by atoms with Gasteiger partial charge in [-0.15, -0.1) is 11.8 Å². The monoisotopic (exact) mass is 291 g/mol. The predicted octanol–water partition coefficient (Wildman–Crippen LogP) is 3.51. The van der Waals surface area contributed by atoms with Crippen molar-refractivity contribution in [2.24, 2.45) is 5.73 Å². The Bertz CT molecular complexity index is 541. The average Bonchev–Trinajstić information content (AvgIpc) is 2.42. The maximum atomic E-state index is 5.89. The van der Waals surface area contributed by atoms with Gasteiger partial charge in [0.05, 0.1) is 0 Å². The van der Waals surface area contributed by atoms with E-state index in [1.807, 2.05) is 31.1 Å². The van der Waals surface area contributed by atoms with Crippen molar-refractivity contribution in [3.63, 3.8) is 0 Å². The molecule has 2 N–H and O–H groups in total. The summed E-state index contributed by atoms with van der Waals surface area (Å²) in [5.74, 6) is 1.04. The van der Waals surface area contributed by atoms with Crippen molar-refractivity contribution >= 4 is 23.5 Å². The molecule has 1 aromatic carbocycles. The Hall–Kier alpha value is -1.04. The van der Waals surface area contributed by atoms with Gasteiger partial charge in [-0.05, 0) is 47.7 Å². The van der Waals surface area contributed by atoms with E-state index in [0.717, 1.165) is 21.4 Å². The minimum atomic E-state index is 0.539. The summed E-state index contributed by atoms with van der Waals surface area (Å²) in [6.45, 7) is 4.67. The summed E-state index contributed by atoms with van der Waals surface area (Å²) in [5.41, 5.74) is 8.14. The number of hydrogen-bond acceptors (Lipinski definition) is 5. The van der Waals surface area contributed by atoms with Crippen LogP contribution >= 0.6 is 23.5 Å². The topological polar surface area (TPSA) is 51.8 Å². The molecule has 1 aromatic heterocycles. The smallest absolute Gasteiger partial charge is 0.192 e. The van der Waals surface area contributed by atoms with Gasteiger partial charge >= 0.3 is 0 Å². The highest BCUT2D eigenvalue weighted by Gasteiger charge is 2.09. The van der Waals surface area contributed by atoms with Gasteiger partial charge in [-0.1, -0.05) is 13.0 Å². The molecule has 0 saturated heterocycles. The van der Waals surface area contributed by atoms with Gasteiger partial charge in [0.25, 0.3) is 0 Å². The fourth-order valence-electron chi connectivity index (χ4n) is 1.66. The Kier molecular flexibility index (Phi) is 5.24. The zero-order valence-electron chi connectivity index (χ0n) is 11.1. The van der Waals surface area contributed by atoms with E-state index in [-0.39, 0.29) is 0 Å². The van der Waals surface area contributed by atoms with Crippen molar-refractivity contribution in [3.05, 3.63) is 41.7 Å².